The fourth-order valence-corrected chi connectivity index (χ4v) is 6.45. The molecule has 0 N–H and O–H groups in total. The molecule has 200 valence electrons. The first kappa shape index (κ1) is 25.2. The maximum Gasteiger partial charge on any atom is 0.161 e. The Kier molecular flexibility index (Phi) is 6.33. The van der Waals surface area contributed by atoms with E-state index < -0.39 is 0 Å². The molecule has 2 heterocycles. The molecule has 6 heteroatoms. The van der Waals surface area contributed by atoms with E-state index in [0.29, 0.717) is 11.5 Å². The molecule has 0 saturated heterocycles. The van der Waals surface area contributed by atoms with Gasteiger partial charge in [-0.1, -0.05) is 54.2 Å². The minimum atomic E-state index is -0.283. The fraction of sp³-hybridized carbons (Fsp3) is 0.0571. The Morgan fingerprint density at radius 1 is 0.634 bits per heavy atom. The Bertz CT molecular complexity index is 1880. The van der Waals surface area contributed by atoms with Crippen LogP contribution in [0.25, 0.3) is 33.3 Å². The third-order valence-electron chi connectivity index (χ3n) is 7.33. The molecule has 0 radical (unpaired) electrons. The molecule has 0 amide bonds. The second-order valence-electron chi connectivity index (χ2n) is 9.68. The zero-order valence-corrected chi connectivity index (χ0v) is 23.3. The van der Waals surface area contributed by atoms with Crippen molar-refractivity contribution < 1.29 is 13.9 Å². The van der Waals surface area contributed by atoms with Crippen molar-refractivity contribution in [1.29, 1.82) is 0 Å². The van der Waals surface area contributed by atoms with Crippen LogP contribution in [-0.2, 0) is 0 Å². The number of hydrogen-bond acceptors (Lipinski definition) is 5. The number of fused-ring (bicyclic) bond motifs is 3. The third kappa shape index (κ3) is 4.37. The van der Waals surface area contributed by atoms with E-state index in [1.54, 1.807) is 38.1 Å². The highest BCUT2D eigenvalue weighted by Crippen LogP contribution is 2.52. The first-order valence-corrected chi connectivity index (χ1v) is 14.0. The van der Waals surface area contributed by atoms with Gasteiger partial charge in [0.1, 0.15) is 5.82 Å². The maximum absolute atomic E-state index is 13.9. The van der Waals surface area contributed by atoms with Gasteiger partial charge >= 0.3 is 0 Å². The van der Waals surface area contributed by atoms with E-state index >= 15 is 0 Å². The van der Waals surface area contributed by atoms with E-state index in [9.17, 15) is 4.39 Å². The zero-order valence-electron chi connectivity index (χ0n) is 22.5. The van der Waals surface area contributed by atoms with Crippen LogP contribution in [0, 0.1) is 5.82 Å². The summed E-state index contributed by atoms with van der Waals surface area (Å²) in [4.78, 5) is 9.88. The number of halogens is 1. The first-order chi connectivity index (χ1) is 20.1. The topological polar surface area (TPSA) is 34.6 Å². The predicted molar refractivity (Wildman–Crippen MR) is 164 cm³/mol. The number of nitrogens with zero attached hydrogens (tertiary/aromatic N) is 2. The van der Waals surface area contributed by atoms with Crippen molar-refractivity contribution in [2.45, 2.75) is 9.79 Å². The van der Waals surface area contributed by atoms with Gasteiger partial charge in [-0.3, -0.25) is 0 Å². The number of benzene rings is 5. The van der Waals surface area contributed by atoms with Crippen molar-refractivity contribution in [2.75, 3.05) is 19.1 Å². The van der Waals surface area contributed by atoms with Crippen LogP contribution >= 0.6 is 11.8 Å². The van der Waals surface area contributed by atoms with Crippen LogP contribution in [0.5, 0.6) is 11.5 Å². The average molecular weight is 557 g/mol. The molecule has 5 aromatic carbocycles. The molecule has 0 fully saturated rings. The normalized spacial score (nSPS) is 12.1. The Balaban J connectivity index is 1.54. The number of hydrogen-bond donors (Lipinski definition) is 0. The van der Waals surface area contributed by atoms with E-state index in [4.69, 9.17) is 14.5 Å². The smallest absolute Gasteiger partial charge is 0.161 e. The quantitative estimate of drug-likeness (QED) is 0.211. The standard InChI is InChI=1S/C35H25FN2O2S/c1-39-31-19-16-23(20-32(31)40-2)26-21-27(22-14-17-24(36)18-15-22)37-35-25(26)8-7-11-30(35)38-28-9-3-5-12-33(28)41-34-13-6-4-10-29(34)38/h3-21H,1-2H3. The summed E-state index contributed by atoms with van der Waals surface area (Å²) in [6, 6.07) is 37.6. The number of ether oxygens (including phenoxy) is 2. The molecule has 1 aromatic heterocycles. The second-order valence-corrected chi connectivity index (χ2v) is 10.8. The van der Waals surface area contributed by atoms with Crippen molar-refractivity contribution in [3.63, 3.8) is 0 Å². The van der Waals surface area contributed by atoms with Gasteiger partial charge < -0.3 is 14.4 Å². The molecule has 0 atom stereocenters. The summed E-state index contributed by atoms with van der Waals surface area (Å²) in [5.41, 5.74) is 7.55. The van der Waals surface area contributed by atoms with Crippen LogP contribution < -0.4 is 14.4 Å². The average Bonchev–Trinajstić information content (AvgIpc) is 3.03. The van der Waals surface area contributed by atoms with Gasteiger partial charge in [0.2, 0.25) is 0 Å². The maximum atomic E-state index is 13.9. The van der Waals surface area contributed by atoms with E-state index in [1.165, 1.54) is 21.9 Å². The number of anilines is 3. The summed E-state index contributed by atoms with van der Waals surface area (Å²) >= 11 is 1.77. The van der Waals surface area contributed by atoms with Gasteiger partial charge in [0, 0.05) is 20.7 Å². The van der Waals surface area contributed by atoms with Crippen molar-refractivity contribution in [2.24, 2.45) is 0 Å². The lowest BCUT2D eigenvalue weighted by Crippen LogP contribution is -2.15. The van der Waals surface area contributed by atoms with Crippen LogP contribution in [0.4, 0.5) is 21.5 Å². The summed E-state index contributed by atoms with van der Waals surface area (Å²) < 4.78 is 25.0. The van der Waals surface area contributed by atoms with E-state index in [-0.39, 0.29) is 5.82 Å². The summed E-state index contributed by atoms with van der Waals surface area (Å²) in [6.45, 7) is 0. The minimum absolute atomic E-state index is 0.283. The lowest BCUT2D eigenvalue weighted by Gasteiger charge is -2.33. The number of methoxy groups -OCH3 is 2. The lowest BCUT2D eigenvalue weighted by molar-refractivity contribution is 0.355. The molecule has 0 unspecified atom stereocenters. The van der Waals surface area contributed by atoms with Crippen molar-refractivity contribution in [3.8, 4) is 33.9 Å². The first-order valence-electron chi connectivity index (χ1n) is 13.2. The zero-order chi connectivity index (χ0) is 27.9. The van der Waals surface area contributed by atoms with Crippen LogP contribution in [0.3, 0.4) is 0 Å². The van der Waals surface area contributed by atoms with E-state index in [2.05, 4.69) is 77.7 Å². The summed E-state index contributed by atoms with van der Waals surface area (Å²) in [6.07, 6.45) is 0. The predicted octanol–water partition coefficient (Wildman–Crippen LogP) is 9.66. The Hall–Kier alpha value is -4.81. The van der Waals surface area contributed by atoms with Gasteiger partial charge in [-0.05, 0) is 83.9 Å². The number of rotatable bonds is 5. The van der Waals surface area contributed by atoms with E-state index in [1.807, 2.05) is 18.2 Å². The van der Waals surface area contributed by atoms with Crippen molar-refractivity contribution >= 4 is 39.7 Å². The molecule has 7 rings (SSSR count). The highest BCUT2D eigenvalue weighted by molar-refractivity contribution is 7.99. The molecule has 0 saturated carbocycles. The van der Waals surface area contributed by atoms with E-state index in [0.717, 1.165) is 50.3 Å². The Morgan fingerprint density at radius 3 is 1.95 bits per heavy atom. The van der Waals surface area contributed by atoms with Gasteiger partial charge in [-0.15, -0.1) is 0 Å². The van der Waals surface area contributed by atoms with Crippen molar-refractivity contribution in [3.05, 3.63) is 121 Å². The Labute approximate surface area is 242 Å². The summed E-state index contributed by atoms with van der Waals surface area (Å²) in [5.74, 6) is 1.02. The van der Waals surface area contributed by atoms with Gasteiger partial charge in [0.15, 0.2) is 11.5 Å². The molecule has 0 spiro atoms. The highest BCUT2D eigenvalue weighted by atomic mass is 32.2. The molecule has 6 aromatic rings. The lowest BCUT2D eigenvalue weighted by atomic mass is 9.97. The molecule has 0 bridgehead atoms. The van der Waals surface area contributed by atoms with Crippen LogP contribution in [0.1, 0.15) is 0 Å². The van der Waals surface area contributed by atoms with Crippen LogP contribution in [0.15, 0.2) is 125 Å². The van der Waals surface area contributed by atoms with Crippen molar-refractivity contribution in [1.82, 2.24) is 4.98 Å². The molecule has 41 heavy (non-hydrogen) atoms. The van der Waals surface area contributed by atoms with Gasteiger partial charge in [-0.25, -0.2) is 9.37 Å². The van der Waals surface area contributed by atoms with Gasteiger partial charge in [-0.2, -0.15) is 0 Å². The van der Waals surface area contributed by atoms with Crippen LogP contribution in [0.2, 0.25) is 0 Å². The minimum Gasteiger partial charge on any atom is -0.493 e. The van der Waals surface area contributed by atoms with Gasteiger partial charge in [0.05, 0.1) is 42.5 Å². The van der Waals surface area contributed by atoms with Crippen LogP contribution in [-0.4, -0.2) is 19.2 Å². The summed E-state index contributed by atoms with van der Waals surface area (Å²) in [5, 5.41) is 0.994. The SMILES string of the molecule is COc1ccc(-c2cc(-c3ccc(F)cc3)nc3c(N4c5ccccc5Sc5ccccc54)cccc23)cc1OC. The monoisotopic (exact) mass is 556 g/mol. The largest absolute Gasteiger partial charge is 0.493 e. The number of pyridine rings is 1. The molecule has 4 nitrogen and oxygen atoms in total. The molecule has 0 aliphatic carbocycles. The van der Waals surface area contributed by atoms with Gasteiger partial charge in [0.25, 0.3) is 0 Å². The number of aromatic nitrogens is 1. The number of para-hydroxylation sites is 3. The molecular formula is C35H25FN2O2S. The molecule has 1 aliphatic rings. The fourth-order valence-electron chi connectivity index (χ4n) is 5.39. The Morgan fingerprint density at radius 2 is 1.27 bits per heavy atom. The molecular weight excluding hydrogens is 531 g/mol. The summed E-state index contributed by atoms with van der Waals surface area (Å²) in [7, 11) is 3.27. The molecule has 1 aliphatic heterocycles. The third-order valence-corrected chi connectivity index (χ3v) is 8.46. The second kappa shape index (κ2) is 10.3. The highest BCUT2D eigenvalue weighted by Gasteiger charge is 2.26.